The molecule has 0 aromatic heterocycles. The molecule has 68 valence electrons. The Morgan fingerprint density at radius 1 is 1.33 bits per heavy atom. The number of hydrogen-bond donors (Lipinski definition) is 1. The molecule has 0 heterocycles. The van der Waals surface area contributed by atoms with E-state index in [1.807, 2.05) is 6.92 Å². The van der Waals surface area contributed by atoms with Crippen LogP contribution in [0.1, 0.15) is 32.6 Å². The number of fused-ring (bicyclic) bond motifs is 1. The van der Waals surface area contributed by atoms with Gasteiger partial charge in [0.25, 0.3) is 0 Å². The zero-order valence-corrected chi connectivity index (χ0v) is 7.49. The lowest BCUT2D eigenvalue weighted by atomic mass is 9.81. The summed E-state index contributed by atoms with van der Waals surface area (Å²) in [5.74, 6) is 1.60. The first-order valence-corrected chi connectivity index (χ1v) is 4.91. The summed E-state index contributed by atoms with van der Waals surface area (Å²) in [6.45, 7) is 1.86. The highest BCUT2D eigenvalue weighted by Gasteiger charge is 2.44. The van der Waals surface area contributed by atoms with Gasteiger partial charge >= 0.3 is 5.97 Å². The van der Waals surface area contributed by atoms with Crippen LogP contribution in [0, 0.1) is 23.7 Å². The monoisotopic (exact) mass is 168 g/mol. The molecule has 0 aliphatic heterocycles. The molecule has 0 amide bonds. The van der Waals surface area contributed by atoms with Crippen LogP contribution >= 0.6 is 0 Å². The normalized spacial score (nSPS) is 41.6. The van der Waals surface area contributed by atoms with Crippen LogP contribution in [0.2, 0.25) is 0 Å². The van der Waals surface area contributed by atoms with Gasteiger partial charge in [0.15, 0.2) is 0 Å². The Hall–Kier alpha value is -0.530. The van der Waals surface area contributed by atoms with Gasteiger partial charge in [-0.05, 0) is 43.4 Å². The number of carboxylic acid groups (broad SMARTS) is 1. The van der Waals surface area contributed by atoms with E-state index in [2.05, 4.69) is 0 Å². The van der Waals surface area contributed by atoms with E-state index in [1.54, 1.807) is 0 Å². The highest BCUT2D eigenvalue weighted by Crippen LogP contribution is 2.52. The van der Waals surface area contributed by atoms with Crippen LogP contribution < -0.4 is 0 Å². The number of aliphatic carboxylic acids is 1. The van der Waals surface area contributed by atoms with Crippen molar-refractivity contribution in [1.29, 1.82) is 0 Å². The van der Waals surface area contributed by atoms with E-state index < -0.39 is 5.97 Å². The van der Waals surface area contributed by atoms with Crippen molar-refractivity contribution in [3.8, 4) is 0 Å². The van der Waals surface area contributed by atoms with E-state index in [4.69, 9.17) is 5.11 Å². The minimum absolute atomic E-state index is 0.119. The summed E-state index contributed by atoms with van der Waals surface area (Å²) < 4.78 is 0. The number of carboxylic acids is 1. The van der Waals surface area contributed by atoms with Crippen molar-refractivity contribution in [3.63, 3.8) is 0 Å². The molecule has 2 aliphatic carbocycles. The molecule has 2 aliphatic rings. The van der Waals surface area contributed by atoms with Gasteiger partial charge in [-0.2, -0.15) is 0 Å². The second kappa shape index (κ2) is 2.75. The van der Waals surface area contributed by atoms with Crippen LogP contribution in [-0.2, 0) is 4.79 Å². The van der Waals surface area contributed by atoms with Crippen LogP contribution in [0.15, 0.2) is 0 Å². The Labute approximate surface area is 73.0 Å². The van der Waals surface area contributed by atoms with E-state index >= 15 is 0 Å². The smallest absolute Gasteiger partial charge is 0.306 e. The fourth-order valence-corrected chi connectivity index (χ4v) is 2.54. The molecule has 2 rings (SSSR count). The minimum atomic E-state index is -0.612. The summed E-state index contributed by atoms with van der Waals surface area (Å²) in [6, 6.07) is 0. The number of rotatable bonds is 2. The molecule has 12 heavy (non-hydrogen) atoms. The molecule has 0 radical (unpaired) electrons. The van der Waals surface area contributed by atoms with Gasteiger partial charge < -0.3 is 5.11 Å². The summed E-state index contributed by atoms with van der Waals surface area (Å²) in [5, 5.41) is 8.83. The predicted octanol–water partition coefficient (Wildman–Crippen LogP) is 2.14. The Balaban J connectivity index is 1.91. The molecule has 0 aromatic carbocycles. The van der Waals surface area contributed by atoms with Gasteiger partial charge in [-0.15, -0.1) is 0 Å². The molecule has 2 saturated carbocycles. The number of hydrogen-bond acceptors (Lipinski definition) is 1. The maximum Gasteiger partial charge on any atom is 0.306 e. The second-order valence-electron chi connectivity index (χ2n) is 4.46. The zero-order chi connectivity index (χ0) is 8.72. The van der Waals surface area contributed by atoms with Gasteiger partial charge in [0.2, 0.25) is 0 Å². The van der Waals surface area contributed by atoms with Crippen LogP contribution in [0.25, 0.3) is 0 Å². The first kappa shape index (κ1) is 8.09. The fourth-order valence-electron chi connectivity index (χ4n) is 2.54. The average molecular weight is 168 g/mol. The topological polar surface area (TPSA) is 37.3 Å². The van der Waals surface area contributed by atoms with Crippen LogP contribution in [0.5, 0.6) is 0 Å². The predicted molar refractivity (Wildman–Crippen MR) is 45.7 cm³/mol. The third kappa shape index (κ3) is 1.35. The lowest BCUT2D eigenvalue weighted by Gasteiger charge is -2.24. The average Bonchev–Trinajstić information content (AvgIpc) is 2.79. The lowest BCUT2D eigenvalue weighted by molar-refractivity contribution is -0.143. The van der Waals surface area contributed by atoms with Crippen LogP contribution in [-0.4, -0.2) is 11.1 Å². The molecule has 4 atom stereocenters. The third-order valence-electron chi connectivity index (χ3n) is 3.68. The fraction of sp³-hybridized carbons (Fsp3) is 0.900. The SMILES string of the molecule is C[C@@H](C(=O)O)C1CCC2CC2C1. The van der Waals surface area contributed by atoms with E-state index in [1.165, 1.54) is 19.3 Å². The number of carbonyl (C=O) groups is 1. The van der Waals surface area contributed by atoms with Crippen molar-refractivity contribution in [1.82, 2.24) is 0 Å². The molecule has 2 fully saturated rings. The van der Waals surface area contributed by atoms with Crippen LogP contribution in [0.3, 0.4) is 0 Å². The highest BCUT2D eigenvalue weighted by atomic mass is 16.4. The molecule has 0 aromatic rings. The van der Waals surface area contributed by atoms with Crippen molar-refractivity contribution in [2.75, 3.05) is 0 Å². The molecule has 0 bridgehead atoms. The van der Waals surface area contributed by atoms with E-state index in [0.717, 1.165) is 18.3 Å². The van der Waals surface area contributed by atoms with Crippen molar-refractivity contribution < 1.29 is 9.90 Å². The highest BCUT2D eigenvalue weighted by molar-refractivity contribution is 5.69. The van der Waals surface area contributed by atoms with Gasteiger partial charge in [0.1, 0.15) is 0 Å². The summed E-state index contributed by atoms with van der Waals surface area (Å²) in [6.07, 6.45) is 4.99. The maximum atomic E-state index is 10.7. The Morgan fingerprint density at radius 3 is 2.67 bits per heavy atom. The third-order valence-corrected chi connectivity index (χ3v) is 3.68. The van der Waals surface area contributed by atoms with Crippen molar-refractivity contribution in [2.45, 2.75) is 32.6 Å². The molecular weight excluding hydrogens is 152 g/mol. The molecule has 0 spiro atoms. The summed E-state index contributed by atoms with van der Waals surface area (Å²) >= 11 is 0. The lowest BCUT2D eigenvalue weighted by Crippen LogP contribution is -2.23. The molecule has 0 saturated heterocycles. The summed E-state index contributed by atoms with van der Waals surface area (Å²) in [5.41, 5.74) is 0. The van der Waals surface area contributed by atoms with Gasteiger partial charge in [-0.25, -0.2) is 0 Å². The summed E-state index contributed by atoms with van der Waals surface area (Å²) in [4.78, 5) is 10.7. The quantitative estimate of drug-likeness (QED) is 0.686. The largest absolute Gasteiger partial charge is 0.481 e. The van der Waals surface area contributed by atoms with Gasteiger partial charge in [-0.1, -0.05) is 6.92 Å². The molecular formula is C10H16O2. The Kier molecular flexibility index (Phi) is 1.85. The van der Waals surface area contributed by atoms with Crippen LogP contribution in [0.4, 0.5) is 0 Å². The van der Waals surface area contributed by atoms with Gasteiger partial charge in [0, 0.05) is 0 Å². The maximum absolute atomic E-state index is 10.7. The minimum Gasteiger partial charge on any atom is -0.481 e. The van der Waals surface area contributed by atoms with E-state index in [9.17, 15) is 4.79 Å². The summed E-state index contributed by atoms with van der Waals surface area (Å²) in [7, 11) is 0. The van der Waals surface area contributed by atoms with Gasteiger partial charge in [0.05, 0.1) is 5.92 Å². The molecule has 1 N–H and O–H groups in total. The van der Waals surface area contributed by atoms with Crippen molar-refractivity contribution in [2.24, 2.45) is 23.7 Å². The van der Waals surface area contributed by atoms with Crippen molar-refractivity contribution in [3.05, 3.63) is 0 Å². The van der Waals surface area contributed by atoms with Crippen molar-refractivity contribution >= 4 is 5.97 Å². The zero-order valence-electron chi connectivity index (χ0n) is 7.49. The molecule has 3 unspecified atom stereocenters. The second-order valence-corrected chi connectivity index (χ2v) is 4.46. The first-order chi connectivity index (χ1) is 5.68. The standard InChI is InChI=1S/C10H16O2/c1-6(10(11)12)7-2-3-8-5-9(8)4-7/h6-9H,2-5H2,1H3,(H,11,12)/t6-,7?,8?,9?/m1/s1. The van der Waals surface area contributed by atoms with E-state index in [-0.39, 0.29) is 5.92 Å². The Morgan fingerprint density at radius 2 is 2.08 bits per heavy atom. The molecule has 2 nitrogen and oxygen atoms in total. The first-order valence-electron chi connectivity index (χ1n) is 4.91. The van der Waals surface area contributed by atoms with Gasteiger partial charge in [-0.3, -0.25) is 4.79 Å². The molecule has 2 heteroatoms. The Bertz CT molecular complexity index is 200. The van der Waals surface area contributed by atoms with E-state index in [0.29, 0.717) is 5.92 Å².